The molecule has 0 amide bonds. The number of nitrogens with one attached hydrogen (secondary N) is 3. The molecule has 3 aromatic rings. The third-order valence-corrected chi connectivity index (χ3v) is 6.77. The van der Waals surface area contributed by atoms with Gasteiger partial charge in [0.25, 0.3) is 0 Å². The van der Waals surface area contributed by atoms with Gasteiger partial charge in [0.2, 0.25) is 17.2 Å². The van der Waals surface area contributed by atoms with Gasteiger partial charge in [-0.1, -0.05) is 29.1 Å². The van der Waals surface area contributed by atoms with Gasteiger partial charge in [0.1, 0.15) is 25.8 Å². The molecule has 1 aromatic carbocycles. The summed E-state index contributed by atoms with van der Waals surface area (Å²) < 4.78 is 18.3. The van der Waals surface area contributed by atoms with Crippen LogP contribution in [0.2, 0.25) is 15.3 Å². The van der Waals surface area contributed by atoms with E-state index in [0.29, 0.717) is 50.8 Å². The zero-order chi connectivity index (χ0) is 37.1. The second kappa shape index (κ2) is 22.6. The monoisotopic (exact) mass is 783 g/mol. The molecule has 16 nitrogen and oxygen atoms in total. The molecular formula is C28H41Cl3N9O7PS. The van der Waals surface area contributed by atoms with Crippen LogP contribution in [0.4, 0.5) is 11.9 Å². The van der Waals surface area contributed by atoms with E-state index in [1.165, 1.54) is 10.7 Å². The second-order valence-corrected chi connectivity index (χ2v) is 15.3. The van der Waals surface area contributed by atoms with Crippen LogP contribution in [0, 0.1) is 12.3 Å². The van der Waals surface area contributed by atoms with Gasteiger partial charge < -0.3 is 34.8 Å². The Bertz CT molecular complexity index is 1620. The maximum atomic E-state index is 12.5. The Hall–Kier alpha value is -3.07. The average Bonchev–Trinajstić information content (AvgIpc) is 3.32. The van der Waals surface area contributed by atoms with Gasteiger partial charge in [-0.3, -0.25) is 14.7 Å². The third-order valence-electron chi connectivity index (χ3n) is 5.38. The van der Waals surface area contributed by atoms with Crippen LogP contribution in [0.3, 0.4) is 0 Å². The zero-order valence-electron chi connectivity index (χ0n) is 27.7. The maximum absolute atomic E-state index is 12.5. The Balaban J connectivity index is 0.000000379. The molecule has 3 heterocycles. The number of hydrogen-bond acceptors (Lipinski definition) is 12. The fraction of sp³-hybridized carbons (Fsp3) is 0.500. The number of nitrogens with zero attached hydrogens (tertiary/aromatic N) is 6. The van der Waals surface area contributed by atoms with Gasteiger partial charge in [0, 0.05) is 32.1 Å². The van der Waals surface area contributed by atoms with Crippen molar-refractivity contribution >= 4 is 71.2 Å². The number of carboxylic acids is 1. The third kappa shape index (κ3) is 17.4. The first-order valence-electron chi connectivity index (χ1n) is 14.6. The van der Waals surface area contributed by atoms with Gasteiger partial charge in [0.05, 0.1) is 47.3 Å². The summed E-state index contributed by atoms with van der Waals surface area (Å²) in [5, 5.41) is 21.1. The normalized spacial score (nSPS) is 12.7. The number of benzene rings is 1. The number of aromatic nitrogens is 6. The van der Waals surface area contributed by atoms with Crippen LogP contribution in [0.5, 0.6) is 5.75 Å². The molecule has 0 fully saturated rings. The number of aliphatic carboxylic acids is 1. The Labute approximate surface area is 302 Å². The van der Waals surface area contributed by atoms with Crippen LogP contribution in [0.1, 0.15) is 32.5 Å². The minimum Gasteiger partial charge on any atom is -0.778 e. The van der Waals surface area contributed by atoms with E-state index in [2.05, 4.69) is 55.4 Å². The first-order valence-corrected chi connectivity index (χ1v) is 20.0. The van der Waals surface area contributed by atoms with Crippen molar-refractivity contribution in [2.45, 2.75) is 39.7 Å². The number of terminal acetylenes is 1. The highest BCUT2D eigenvalue weighted by Gasteiger charge is 2.20. The minimum absolute atomic E-state index is 0.0788. The molecule has 1 aliphatic heterocycles. The second-order valence-electron chi connectivity index (χ2n) is 10.1. The summed E-state index contributed by atoms with van der Waals surface area (Å²) in [6.45, 7) is 5.72. The topological polar surface area (TPSA) is 221 Å². The van der Waals surface area contributed by atoms with Gasteiger partial charge in [0.15, 0.2) is 0 Å². The molecule has 49 heavy (non-hydrogen) atoms. The fourth-order valence-corrected chi connectivity index (χ4v) is 4.67. The van der Waals surface area contributed by atoms with E-state index in [4.69, 9.17) is 56.0 Å². The smallest absolute Gasteiger partial charge is 0.350 e. The summed E-state index contributed by atoms with van der Waals surface area (Å²) >= 11 is 18.0. The van der Waals surface area contributed by atoms with Crippen molar-refractivity contribution in [3.05, 3.63) is 43.8 Å². The largest absolute Gasteiger partial charge is 0.778 e. The van der Waals surface area contributed by atoms with Crippen molar-refractivity contribution in [1.82, 2.24) is 34.6 Å². The standard InChI is InChI=1S/C15H13Cl2N3O2.C7H12ClN5.C3H8NO5P.C3H9S/c1-2-7-22-13-9-12(10(16)8-11(13)17)20-15(21)19-6-4-3-5-14(19)18-20;1-3-9-6-11-5(8)12-7(13-6)10-4-2;5-3(6)1-4-2-10(7,8)9;1-4(2)3/h1,8-9H,3-7H2;3-4H2,1-2H3,(H2,9,10,11,12,13);4H,1-2H2,(H,5,6)(H2,7,8,9);1-3H3/q;;;+1/p-1. The molecule has 0 radical (unpaired) electrons. The van der Waals surface area contributed by atoms with Crippen molar-refractivity contribution < 1.29 is 29.0 Å². The van der Waals surface area contributed by atoms with Crippen LogP contribution in [0.25, 0.3) is 5.69 Å². The number of carboxylic acid groups (broad SMARTS) is 1. The van der Waals surface area contributed by atoms with E-state index >= 15 is 0 Å². The molecule has 0 saturated heterocycles. The molecular weight excluding hydrogens is 744 g/mol. The molecule has 0 bridgehead atoms. The number of rotatable bonds is 11. The average molecular weight is 785 g/mol. The van der Waals surface area contributed by atoms with Gasteiger partial charge in [-0.25, -0.2) is 4.79 Å². The van der Waals surface area contributed by atoms with Gasteiger partial charge >= 0.3 is 11.7 Å². The van der Waals surface area contributed by atoms with E-state index in [1.807, 2.05) is 19.2 Å². The quantitative estimate of drug-likeness (QED) is 0.107. The molecule has 1 aliphatic rings. The number of hydrogen-bond donors (Lipinski definition) is 5. The van der Waals surface area contributed by atoms with E-state index in [-0.39, 0.29) is 17.6 Å². The molecule has 0 spiro atoms. The number of anilines is 2. The Morgan fingerprint density at radius 1 is 1.10 bits per heavy atom. The lowest BCUT2D eigenvalue weighted by Crippen LogP contribution is -2.26. The Kier molecular flexibility index (Phi) is 20.3. The molecule has 272 valence electrons. The van der Waals surface area contributed by atoms with Crippen molar-refractivity contribution in [2.24, 2.45) is 0 Å². The van der Waals surface area contributed by atoms with Gasteiger partial charge in [-0.2, -0.15) is 19.6 Å². The molecule has 4 rings (SSSR count). The minimum atomic E-state index is -4.35. The molecule has 1 atom stereocenters. The summed E-state index contributed by atoms with van der Waals surface area (Å²) in [6.07, 6.45) is 13.8. The summed E-state index contributed by atoms with van der Waals surface area (Å²) in [4.78, 5) is 52.1. The molecule has 2 aromatic heterocycles. The van der Waals surface area contributed by atoms with Crippen LogP contribution >= 0.6 is 42.4 Å². The summed E-state index contributed by atoms with van der Waals surface area (Å²) in [6, 6.07) is 3.11. The Morgan fingerprint density at radius 3 is 2.18 bits per heavy atom. The predicted octanol–water partition coefficient (Wildman–Crippen LogP) is 2.74. The molecule has 21 heteroatoms. The number of halogens is 3. The lowest BCUT2D eigenvalue weighted by atomic mass is 10.2. The van der Waals surface area contributed by atoms with Crippen molar-refractivity contribution in [3.8, 4) is 23.8 Å². The molecule has 0 saturated carbocycles. The van der Waals surface area contributed by atoms with Gasteiger partial charge in [-0.05, 0) is 55.3 Å². The number of aryl methyl sites for hydroxylation is 1. The van der Waals surface area contributed by atoms with Crippen LogP contribution in [0.15, 0.2) is 16.9 Å². The summed E-state index contributed by atoms with van der Waals surface area (Å²) in [5.74, 6) is 3.33. The fourth-order valence-electron chi connectivity index (χ4n) is 3.60. The van der Waals surface area contributed by atoms with Crippen molar-refractivity contribution in [3.63, 3.8) is 0 Å². The first-order chi connectivity index (χ1) is 23.0. The van der Waals surface area contributed by atoms with Crippen LogP contribution < -0.4 is 31.3 Å². The lowest BCUT2D eigenvalue weighted by molar-refractivity contribution is -0.193. The number of fused-ring (bicyclic) bond motifs is 1. The summed E-state index contributed by atoms with van der Waals surface area (Å²) in [5.41, 5.74) is 0.229. The highest BCUT2D eigenvalue weighted by molar-refractivity contribution is 7.94. The lowest BCUT2D eigenvalue weighted by Gasteiger charge is -2.14. The number of ether oxygens (including phenoxy) is 1. The summed E-state index contributed by atoms with van der Waals surface area (Å²) in [7, 11) is -3.71. The van der Waals surface area contributed by atoms with Crippen molar-refractivity contribution in [1.29, 1.82) is 0 Å². The SMILES string of the molecule is C#CCOc1cc(-n2nc3n(c2=O)CCCC3)c(Cl)cc1Cl.CCNc1nc(Cl)nc(NCC)n1.C[S+](C)C.O=C(O)CNCP(=O)([O-])O. The highest BCUT2D eigenvalue weighted by Crippen LogP contribution is 2.32. The maximum Gasteiger partial charge on any atom is 0.350 e. The highest BCUT2D eigenvalue weighted by atomic mass is 35.5. The van der Waals surface area contributed by atoms with Crippen LogP contribution in [-0.2, 0) is 33.2 Å². The Morgan fingerprint density at radius 2 is 1.69 bits per heavy atom. The van der Waals surface area contributed by atoms with Gasteiger partial charge in [-0.15, -0.1) is 11.5 Å². The van der Waals surface area contributed by atoms with E-state index in [1.54, 1.807) is 10.6 Å². The first kappa shape index (κ1) is 44.0. The molecule has 1 unspecified atom stereocenters. The molecule has 0 aliphatic carbocycles. The van der Waals surface area contributed by atoms with Crippen LogP contribution in [-0.4, -0.2) is 96.6 Å². The van der Waals surface area contributed by atoms with E-state index in [9.17, 15) is 19.0 Å². The van der Waals surface area contributed by atoms with E-state index in [0.717, 1.165) is 38.2 Å². The molecule has 5 N–H and O–H groups in total. The van der Waals surface area contributed by atoms with Crippen molar-refractivity contribution in [2.75, 3.05) is 61.9 Å². The van der Waals surface area contributed by atoms with E-state index < -0.39 is 26.4 Å². The predicted molar refractivity (Wildman–Crippen MR) is 194 cm³/mol. The zero-order valence-corrected chi connectivity index (χ0v) is 31.7. The number of carbonyl (C=O) groups is 1.